The van der Waals surface area contributed by atoms with E-state index < -0.39 is 0 Å². The standard InChI is InChI=1S/C11H13N3O2/c1-15-9-5-3-4-8(11(9)16-2)14-6-10(12)13-7-14/h3-7H,12H2,1-2H3. The van der Waals surface area contributed by atoms with Gasteiger partial charge in [-0.25, -0.2) is 4.98 Å². The second-order valence-corrected chi connectivity index (χ2v) is 3.22. The lowest BCUT2D eigenvalue weighted by Gasteiger charge is -2.12. The van der Waals surface area contributed by atoms with Gasteiger partial charge in [0.1, 0.15) is 12.1 Å². The second-order valence-electron chi connectivity index (χ2n) is 3.22. The molecule has 0 aliphatic rings. The lowest BCUT2D eigenvalue weighted by molar-refractivity contribution is 0.354. The molecule has 84 valence electrons. The summed E-state index contributed by atoms with van der Waals surface area (Å²) < 4.78 is 12.3. The van der Waals surface area contributed by atoms with E-state index in [9.17, 15) is 0 Å². The van der Waals surface area contributed by atoms with Crippen molar-refractivity contribution in [2.24, 2.45) is 0 Å². The number of benzene rings is 1. The molecule has 1 aromatic heterocycles. The summed E-state index contributed by atoms with van der Waals surface area (Å²) in [5, 5.41) is 0. The van der Waals surface area contributed by atoms with Crippen molar-refractivity contribution < 1.29 is 9.47 Å². The zero-order chi connectivity index (χ0) is 11.5. The van der Waals surface area contributed by atoms with Crippen molar-refractivity contribution >= 4 is 5.82 Å². The molecule has 0 unspecified atom stereocenters. The quantitative estimate of drug-likeness (QED) is 0.849. The van der Waals surface area contributed by atoms with E-state index >= 15 is 0 Å². The first kappa shape index (κ1) is 10.4. The Morgan fingerprint density at radius 3 is 2.62 bits per heavy atom. The first-order valence-corrected chi connectivity index (χ1v) is 4.77. The molecule has 0 radical (unpaired) electrons. The SMILES string of the molecule is COc1cccc(-n2cnc(N)c2)c1OC. The molecule has 0 aliphatic heterocycles. The number of rotatable bonds is 3. The van der Waals surface area contributed by atoms with Gasteiger partial charge in [-0.2, -0.15) is 0 Å². The van der Waals surface area contributed by atoms with Gasteiger partial charge in [0.2, 0.25) is 0 Å². The fraction of sp³-hybridized carbons (Fsp3) is 0.182. The number of aromatic nitrogens is 2. The van der Waals surface area contributed by atoms with E-state index in [2.05, 4.69) is 4.98 Å². The summed E-state index contributed by atoms with van der Waals surface area (Å²) in [4.78, 5) is 3.97. The molecule has 0 amide bonds. The van der Waals surface area contributed by atoms with Gasteiger partial charge in [-0.15, -0.1) is 0 Å². The van der Waals surface area contributed by atoms with Gasteiger partial charge in [0.05, 0.1) is 26.1 Å². The van der Waals surface area contributed by atoms with Crippen molar-refractivity contribution in [3.63, 3.8) is 0 Å². The highest BCUT2D eigenvalue weighted by molar-refractivity contribution is 5.56. The smallest absolute Gasteiger partial charge is 0.184 e. The van der Waals surface area contributed by atoms with Gasteiger partial charge in [-0.3, -0.25) is 0 Å². The van der Waals surface area contributed by atoms with Crippen molar-refractivity contribution in [1.82, 2.24) is 9.55 Å². The van der Waals surface area contributed by atoms with E-state index in [1.54, 1.807) is 31.3 Å². The number of anilines is 1. The van der Waals surface area contributed by atoms with Gasteiger partial charge in [-0.05, 0) is 12.1 Å². The maximum absolute atomic E-state index is 5.57. The van der Waals surface area contributed by atoms with Crippen molar-refractivity contribution in [3.05, 3.63) is 30.7 Å². The molecule has 2 aromatic rings. The van der Waals surface area contributed by atoms with E-state index in [-0.39, 0.29) is 0 Å². The minimum atomic E-state index is 0.463. The number of para-hydroxylation sites is 1. The van der Waals surface area contributed by atoms with Crippen LogP contribution in [0, 0.1) is 0 Å². The minimum Gasteiger partial charge on any atom is -0.493 e. The van der Waals surface area contributed by atoms with E-state index in [1.165, 1.54) is 0 Å². The lowest BCUT2D eigenvalue weighted by atomic mass is 10.2. The third-order valence-electron chi connectivity index (χ3n) is 2.26. The summed E-state index contributed by atoms with van der Waals surface area (Å²) in [6.07, 6.45) is 3.35. The van der Waals surface area contributed by atoms with E-state index in [0.717, 1.165) is 5.69 Å². The summed E-state index contributed by atoms with van der Waals surface area (Å²) in [5.74, 6) is 1.79. The van der Waals surface area contributed by atoms with Crippen LogP contribution in [0.1, 0.15) is 0 Å². The molecule has 5 heteroatoms. The molecule has 0 aliphatic carbocycles. The van der Waals surface area contributed by atoms with Crippen LogP contribution in [-0.2, 0) is 0 Å². The van der Waals surface area contributed by atoms with E-state index in [0.29, 0.717) is 17.3 Å². The summed E-state index contributed by atoms with van der Waals surface area (Å²) >= 11 is 0. The summed E-state index contributed by atoms with van der Waals surface area (Å²) in [6, 6.07) is 5.62. The molecule has 16 heavy (non-hydrogen) atoms. The fourth-order valence-electron chi connectivity index (χ4n) is 1.54. The minimum absolute atomic E-state index is 0.463. The predicted molar refractivity (Wildman–Crippen MR) is 61.1 cm³/mol. The van der Waals surface area contributed by atoms with Gasteiger partial charge in [0.25, 0.3) is 0 Å². The monoisotopic (exact) mass is 219 g/mol. The summed E-state index contributed by atoms with van der Waals surface area (Å²) in [6.45, 7) is 0. The second kappa shape index (κ2) is 4.14. The van der Waals surface area contributed by atoms with Crippen LogP contribution in [0.25, 0.3) is 5.69 Å². The van der Waals surface area contributed by atoms with Crippen LogP contribution in [0.5, 0.6) is 11.5 Å². The van der Waals surface area contributed by atoms with Crippen molar-refractivity contribution in [1.29, 1.82) is 0 Å². The fourth-order valence-corrected chi connectivity index (χ4v) is 1.54. The summed E-state index contributed by atoms with van der Waals surface area (Å²) in [7, 11) is 3.20. The Morgan fingerprint density at radius 1 is 1.25 bits per heavy atom. The van der Waals surface area contributed by atoms with Gasteiger partial charge < -0.3 is 19.8 Å². The molecular formula is C11H13N3O2. The van der Waals surface area contributed by atoms with Crippen LogP contribution in [0.2, 0.25) is 0 Å². The van der Waals surface area contributed by atoms with E-state index in [4.69, 9.17) is 15.2 Å². The number of nitrogens with zero attached hydrogens (tertiary/aromatic N) is 2. The average molecular weight is 219 g/mol. The summed E-state index contributed by atoms with van der Waals surface area (Å²) in [5.41, 5.74) is 6.41. The Kier molecular flexibility index (Phi) is 2.68. The molecule has 1 aromatic carbocycles. The van der Waals surface area contributed by atoms with Gasteiger partial charge in [0, 0.05) is 0 Å². The lowest BCUT2D eigenvalue weighted by Crippen LogP contribution is -1.98. The first-order chi connectivity index (χ1) is 7.76. The Bertz CT molecular complexity index is 494. The van der Waals surface area contributed by atoms with Crippen molar-refractivity contribution in [2.45, 2.75) is 0 Å². The van der Waals surface area contributed by atoms with Crippen molar-refractivity contribution in [2.75, 3.05) is 20.0 Å². The number of ether oxygens (including phenoxy) is 2. The van der Waals surface area contributed by atoms with Gasteiger partial charge in [-0.1, -0.05) is 6.07 Å². The molecule has 0 fully saturated rings. The number of imidazole rings is 1. The topological polar surface area (TPSA) is 62.3 Å². The van der Waals surface area contributed by atoms with Gasteiger partial charge >= 0.3 is 0 Å². The third kappa shape index (κ3) is 1.67. The van der Waals surface area contributed by atoms with Crippen LogP contribution < -0.4 is 15.2 Å². The van der Waals surface area contributed by atoms with Crippen LogP contribution in [-0.4, -0.2) is 23.8 Å². The third-order valence-corrected chi connectivity index (χ3v) is 2.26. The molecule has 1 heterocycles. The van der Waals surface area contributed by atoms with Crippen LogP contribution in [0.15, 0.2) is 30.7 Å². The highest BCUT2D eigenvalue weighted by Gasteiger charge is 2.10. The maximum Gasteiger partial charge on any atom is 0.184 e. The van der Waals surface area contributed by atoms with E-state index in [1.807, 2.05) is 18.2 Å². The molecule has 0 saturated carbocycles. The highest BCUT2D eigenvalue weighted by atomic mass is 16.5. The molecule has 0 bridgehead atoms. The highest BCUT2D eigenvalue weighted by Crippen LogP contribution is 2.33. The van der Waals surface area contributed by atoms with Crippen molar-refractivity contribution in [3.8, 4) is 17.2 Å². The number of methoxy groups -OCH3 is 2. The first-order valence-electron chi connectivity index (χ1n) is 4.77. The average Bonchev–Trinajstić information content (AvgIpc) is 2.74. The Hall–Kier alpha value is -2.17. The molecule has 2 N–H and O–H groups in total. The number of nitrogens with two attached hydrogens (primary N) is 1. The molecule has 0 atom stereocenters. The largest absolute Gasteiger partial charge is 0.493 e. The Balaban J connectivity index is 2.56. The van der Waals surface area contributed by atoms with Crippen LogP contribution >= 0.6 is 0 Å². The Labute approximate surface area is 93.4 Å². The molecule has 0 saturated heterocycles. The van der Waals surface area contributed by atoms with Crippen LogP contribution in [0.3, 0.4) is 0 Å². The molecular weight excluding hydrogens is 206 g/mol. The van der Waals surface area contributed by atoms with Crippen LogP contribution in [0.4, 0.5) is 5.82 Å². The predicted octanol–water partition coefficient (Wildman–Crippen LogP) is 1.47. The Morgan fingerprint density at radius 2 is 2.06 bits per heavy atom. The van der Waals surface area contributed by atoms with Gasteiger partial charge in [0.15, 0.2) is 11.5 Å². The maximum atomic E-state index is 5.57. The number of hydrogen-bond acceptors (Lipinski definition) is 4. The zero-order valence-electron chi connectivity index (χ0n) is 9.18. The normalized spacial score (nSPS) is 10.1. The zero-order valence-corrected chi connectivity index (χ0v) is 9.18. The molecule has 2 rings (SSSR count). The number of hydrogen-bond donors (Lipinski definition) is 1. The molecule has 5 nitrogen and oxygen atoms in total. The molecule has 0 spiro atoms. The number of nitrogen functional groups attached to an aromatic ring is 1.